The third kappa shape index (κ3) is 2.42. The minimum atomic E-state index is -0.964. The third-order valence-electron chi connectivity index (χ3n) is 2.95. The van der Waals surface area contributed by atoms with E-state index in [1.807, 2.05) is 0 Å². The number of nitrogens with zero attached hydrogens (tertiary/aromatic N) is 3. The summed E-state index contributed by atoms with van der Waals surface area (Å²) in [5.74, 6) is -0.165. The molecule has 0 saturated carbocycles. The molecule has 0 amide bonds. The van der Waals surface area contributed by atoms with Gasteiger partial charge in [0.1, 0.15) is 0 Å². The van der Waals surface area contributed by atoms with Crippen molar-refractivity contribution in [2.45, 2.75) is 6.29 Å². The Labute approximate surface area is 112 Å². The zero-order valence-corrected chi connectivity index (χ0v) is 11.0. The predicted octanol–water partition coefficient (Wildman–Crippen LogP) is -1.22. The van der Waals surface area contributed by atoms with E-state index in [1.54, 1.807) is 0 Å². The van der Waals surface area contributed by atoms with Gasteiger partial charge in [-0.3, -0.25) is 24.0 Å². The van der Waals surface area contributed by atoms with Crippen molar-refractivity contribution in [1.29, 1.82) is 0 Å². The first-order valence-electron chi connectivity index (χ1n) is 5.85. The summed E-state index contributed by atoms with van der Waals surface area (Å²) in [6.45, 7) is 0.967. The van der Waals surface area contributed by atoms with E-state index in [0.29, 0.717) is 17.8 Å². The smallest absolute Gasteiger partial charge is 0.360 e. The standard InChI is InChI=1S/C10H14N4O6/c1-12-8(11-5-6-19-3-4-20-6)7(14(17)18)9(15)13(2)10(12)16/h6,11H,3-5H2,1-2H3. The van der Waals surface area contributed by atoms with Crippen LogP contribution in [0.15, 0.2) is 9.59 Å². The van der Waals surface area contributed by atoms with Crippen molar-refractivity contribution in [2.24, 2.45) is 14.1 Å². The van der Waals surface area contributed by atoms with Crippen molar-refractivity contribution in [3.8, 4) is 0 Å². The molecule has 1 saturated heterocycles. The number of nitro groups is 1. The van der Waals surface area contributed by atoms with Gasteiger partial charge in [0.15, 0.2) is 12.1 Å². The Morgan fingerprint density at radius 3 is 2.45 bits per heavy atom. The van der Waals surface area contributed by atoms with Crippen LogP contribution in [0.4, 0.5) is 11.5 Å². The fourth-order valence-electron chi connectivity index (χ4n) is 1.90. The van der Waals surface area contributed by atoms with Crippen LogP contribution in [0.1, 0.15) is 0 Å². The number of nitrogens with one attached hydrogen (secondary N) is 1. The Kier molecular flexibility index (Phi) is 3.86. The summed E-state index contributed by atoms with van der Waals surface area (Å²) < 4.78 is 12.0. The van der Waals surface area contributed by atoms with E-state index in [2.05, 4.69) is 5.32 Å². The van der Waals surface area contributed by atoms with Gasteiger partial charge in [0.05, 0.1) is 24.7 Å². The Balaban J connectivity index is 2.41. The van der Waals surface area contributed by atoms with E-state index in [1.165, 1.54) is 14.1 Å². The van der Waals surface area contributed by atoms with Gasteiger partial charge in [-0.1, -0.05) is 0 Å². The minimum Gasteiger partial charge on any atom is -0.360 e. The zero-order valence-electron chi connectivity index (χ0n) is 11.0. The van der Waals surface area contributed by atoms with Crippen LogP contribution >= 0.6 is 0 Å². The van der Waals surface area contributed by atoms with Crippen LogP contribution < -0.4 is 16.6 Å². The van der Waals surface area contributed by atoms with Gasteiger partial charge >= 0.3 is 16.9 Å². The van der Waals surface area contributed by atoms with E-state index in [9.17, 15) is 19.7 Å². The van der Waals surface area contributed by atoms with E-state index < -0.39 is 28.1 Å². The van der Waals surface area contributed by atoms with E-state index in [4.69, 9.17) is 9.47 Å². The van der Waals surface area contributed by atoms with Crippen LogP contribution in [0, 0.1) is 10.1 Å². The maximum atomic E-state index is 11.8. The maximum Gasteiger partial charge on any atom is 0.374 e. The average Bonchev–Trinajstić information content (AvgIpc) is 2.91. The van der Waals surface area contributed by atoms with Gasteiger partial charge in [0, 0.05) is 14.1 Å². The first-order valence-corrected chi connectivity index (χ1v) is 5.85. The lowest BCUT2D eigenvalue weighted by Crippen LogP contribution is -2.40. The summed E-state index contributed by atoms with van der Waals surface area (Å²) >= 11 is 0. The molecule has 1 aliphatic rings. The number of aromatic nitrogens is 2. The molecule has 0 aliphatic carbocycles. The van der Waals surface area contributed by atoms with E-state index >= 15 is 0 Å². The van der Waals surface area contributed by atoms with Gasteiger partial charge in [-0.05, 0) is 0 Å². The van der Waals surface area contributed by atoms with E-state index in [0.717, 1.165) is 4.57 Å². The van der Waals surface area contributed by atoms with Crippen molar-refractivity contribution in [2.75, 3.05) is 25.1 Å². The topological polar surface area (TPSA) is 118 Å². The summed E-state index contributed by atoms with van der Waals surface area (Å²) in [6.07, 6.45) is -0.561. The quantitative estimate of drug-likeness (QED) is 0.544. The van der Waals surface area contributed by atoms with Gasteiger partial charge in [-0.15, -0.1) is 0 Å². The van der Waals surface area contributed by atoms with Gasteiger partial charge in [-0.25, -0.2) is 4.79 Å². The van der Waals surface area contributed by atoms with Crippen molar-refractivity contribution < 1.29 is 14.4 Å². The van der Waals surface area contributed by atoms with Crippen molar-refractivity contribution in [3.05, 3.63) is 31.0 Å². The summed E-state index contributed by atoms with van der Waals surface area (Å²) in [5.41, 5.74) is -2.31. The highest BCUT2D eigenvalue weighted by atomic mass is 16.7. The SMILES string of the molecule is Cn1c(NCC2OCCO2)c([N+](=O)[O-])c(=O)n(C)c1=O. The second-order valence-corrected chi connectivity index (χ2v) is 4.21. The first kappa shape index (κ1) is 14.2. The monoisotopic (exact) mass is 286 g/mol. The van der Waals surface area contributed by atoms with Crippen LogP contribution in [0.25, 0.3) is 0 Å². The molecule has 0 bridgehead atoms. The Morgan fingerprint density at radius 1 is 1.30 bits per heavy atom. The van der Waals surface area contributed by atoms with Crippen LogP contribution in [-0.2, 0) is 23.6 Å². The summed E-state index contributed by atoms with van der Waals surface area (Å²) in [7, 11) is 2.53. The van der Waals surface area contributed by atoms with Crippen LogP contribution in [-0.4, -0.2) is 40.1 Å². The maximum absolute atomic E-state index is 11.8. The predicted molar refractivity (Wildman–Crippen MR) is 67.8 cm³/mol. The number of hydrogen-bond acceptors (Lipinski definition) is 7. The Morgan fingerprint density at radius 2 is 1.90 bits per heavy atom. The fourth-order valence-corrected chi connectivity index (χ4v) is 1.90. The molecule has 2 rings (SSSR count). The highest BCUT2D eigenvalue weighted by Crippen LogP contribution is 2.17. The molecule has 10 heteroatoms. The lowest BCUT2D eigenvalue weighted by molar-refractivity contribution is -0.386. The molecule has 1 aromatic heterocycles. The fraction of sp³-hybridized carbons (Fsp3) is 0.600. The summed E-state index contributed by atoms with van der Waals surface area (Å²) in [4.78, 5) is 33.8. The molecule has 0 aromatic carbocycles. The number of ether oxygens (including phenoxy) is 2. The van der Waals surface area contributed by atoms with Crippen LogP contribution in [0.5, 0.6) is 0 Å². The molecule has 0 atom stereocenters. The molecule has 1 fully saturated rings. The minimum absolute atomic E-state index is 0.0985. The van der Waals surface area contributed by atoms with Crippen molar-refractivity contribution in [3.63, 3.8) is 0 Å². The molecular weight excluding hydrogens is 272 g/mol. The largest absolute Gasteiger partial charge is 0.374 e. The molecule has 20 heavy (non-hydrogen) atoms. The van der Waals surface area contributed by atoms with Crippen molar-refractivity contribution >= 4 is 11.5 Å². The summed E-state index contributed by atoms with van der Waals surface area (Å²) in [5, 5.41) is 13.7. The van der Waals surface area contributed by atoms with Crippen molar-refractivity contribution in [1.82, 2.24) is 9.13 Å². The normalized spacial score (nSPS) is 15.5. The molecule has 1 aromatic rings. The molecular formula is C10H14N4O6. The van der Waals surface area contributed by atoms with Gasteiger partial charge in [0.2, 0.25) is 0 Å². The van der Waals surface area contributed by atoms with Gasteiger partial charge in [0.25, 0.3) is 0 Å². The van der Waals surface area contributed by atoms with E-state index in [-0.39, 0.29) is 12.4 Å². The average molecular weight is 286 g/mol. The summed E-state index contributed by atoms with van der Waals surface area (Å²) in [6, 6.07) is 0. The molecule has 1 aliphatic heterocycles. The first-order chi connectivity index (χ1) is 9.43. The molecule has 0 unspecified atom stereocenters. The number of anilines is 1. The second-order valence-electron chi connectivity index (χ2n) is 4.21. The lowest BCUT2D eigenvalue weighted by Gasteiger charge is -2.14. The van der Waals surface area contributed by atoms with Gasteiger partial charge in [-0.2, -0.15) is 0 Å². The number of rotatable bonds is 4. The third-order valence-corrected chi connectivity index (χ3v) is 2.95. The highest BCUT2D eigenvalue weighted by molar-refractivity contribution is 5.54. The Hall–Kier alpha value is -2.20. The number of hydrogen-bond donors (Lipinski definition) is 1. The Bertz CT molecular complexity index is 642. The second kappa shape index (κ2) is 5.43. The lowest BCUT2D eigenvalue weighted by atomic mass is 10.4. The molecule has 2 heterocycles. The zero-order chi connectivity index (χ0) is 14.9. The highest BCUT2D eigenvalue weighted by Gasteiger charge is 2.26. The molecule has 1 N–H and O–H groups in total. The molecule has 0 spiro atoms. The van der Waals surface area contributed by atoms with Gasteiger partial charge < -0.3 is 14.8 Å². The molecule has 0 radical (unpaired) electrons. The molecule has 10 nitrogen and oxygen atoms in total. The molecule has 110 valence electrons. The van der Waals surface area contributed by atoms with Crippen LogP contribution in [0.3, 0.4) is 0 Å². The van der Waals surface area contributed by atoms with Crippen LogP contribution in [0.2, 0.25) is 0 Å².